The fourth-order valence-corrected chi connectivity index (χ4v) is 6.87. The SMILES string of the molecule is CS(=O)(=O)Nc1cccc(C2CC3CCC(C2)N3CCN(CC2CCCCC2)C(=O)CO)c1. The van der Waals surface area contributed by atoms with Crippen LogP contribution in [-0.4, -0.2) is 73.8 Å². The van der Waals surface area contributed by atoms with Gasteiger partial charge in [0, 0.05) is 37.4 Å². The van der Waals surface area contributed by atoms with Crippen LogP contribution in [0.15, 0.2) is 24.3 Å². The molecule has 2 N–H and O–H groups in total. The van der Waals surface area contributed by atoms with E-state index >= 15 is 0 Å². The first-order valence-electron chi connectivity index (χ1n) is 12.5. The fraction of sp³-hybridized carbons (Fsp3) is 0.720. The van der Waals surface area contributed by atoms with Crippen LogP contribution in [0.25, 0.3) is 0 Å². The van der Waals surface area contributed by atoms with Gasteiger partial charge in [0.15, 0.2) is 0 Å². The zero-order valence-electron chi connectivity index (χ0n) is 19.8. The van der Waals surface area contributed by atoms with Gasteiger partial charge in [-0.1, -0.05) is 31.4 Å². The lowest BCUT2D eigenvalue weighted by Gasteiger charge is -2.40. The normalized spacial score (nSPS) is 26.3. The average molecular weight is 478 g/mol. The average Bonchev–Trinajstić information content (AvgIpc) is 3.02. The summed E-state index contributed by atoms with van der Waals surface area (Å²) >= 11 is 0. The Balaban J connectivity index is 1.36. The molecule has 2 heterocycles. The van der Waals surface area contributed by atoms with Gasteiger partial charge in [-0.05, 0) is 68.1 Å². The van der Waals surface area contributed by atoms with Gasteiger partial charge in [-0.15, -0.1) is 0 Å². The summed E-state index contributed by atoms with van der Waals surface area (Å²) in [5.74, 6) is 0.861. The number of hydrogen-bond acceptors (Lipinski definition) is 5. The van der Waals surface area contributed by atoms with E-state index in [4.69, 9.17) is 0 Å². The Labute approximate surface area is 198 Å². The molecule has 2 bridgehead atoms. The summed E-state index contributed by atoms with van der Waals surface area (Å²) in [6.45, 7) is 1.95. The molecule has 4 rings (SSSR count). The third-order valence-corrected chi connectivity index (χ3v) is 8.47. The first kappa shape index (κ1) is 24.5. The van der Waals surface area contributed by atoms with Crippen LogP contribution in [0.1, 0.15) is 69.3 Å². The van der Waals surface area contributed by atoms with E-state index in [1.54, 1.807) is 6.07 Å². The third kappa shape index (κ3) is 6.49. The molecule has 7 nitrogen and oxygen atoms in total. The first-order chi connectivity index (χ1) is 15.8. The molecule has 8 heteroatoms. The number of piperidine rings is 1. The van der Waals surface area contributed by atoms with E-state index in [0.717, 1.165) is 25.9 Å². The Kier molecular flexibility index (Phi) is 7.97. The number of sulfonamides is 1. The molecule has 33 heavy (non-hydrogen) atoms. The zero-order chi connectivity index (χ0) is 23.4. The zero-order valence-corrected chi connectivity index (χ0v) is 20.6. The van der Waals surface area contributed by atoms with Crippen molar-refractivity contribution in [2.24, 2.45) is 5.92 Å². The van der Waals surface area contributed by atoms with E-state index in [1.165, 1.54) is 56.8 Å². The molecule has 1 amide bonds. The monoisotopic (exact) mass is 477 g/mol. The minimum absolute atomic E-state index is 0.141. The van der Waals surface area contributed by atoms with Crippen molar-refractivity contribution in [3.05, 3.63) is 29.8 Å². The second kappa shape index (κ2) is 10.7. The summed E-state index contributed by atoms with van der Waals surface area (Å²) in [5.41, 5.74) is 1.83. The summed E-state index contributed by atoms with van der Waals surface area (Å²) in [4.78, 5) is 16.9. The van der Waals surface area contributed by atoms with Crippen LogP contribution < -0.4 is 4.72 Å². The van der Waals surface area contributed by atoms with Crippen LogP contribution in [0.2, 0.25) is 0 Å². The molecule has 2 atom stereocenters. The molecule has 2 unspecified atom stereocenters. The third-order valence-electron chi connectivity index (χ3n) is 7.87. The predicted octanol–water partition coefficient (Wildman–Crippen LogP) is 3.17. The molecular formula is C25H39N3O4S. The molecule has 1 saturated carbocycles. The standard InChI is InChI=1S/C25H39N3O4S/c1-33(31,32)26-22-9-5-8-20(14-22)21-15-23-10-11-24(16-21)28(23)13-12-27(25(30)18-29)17-19-6-3-2-4-7-19/h5,8-9,14,19,21,23-24,26,29H,2-4,6-7,10-13,15-18H2,1H3. The van der Waals surface area contributed by atoms with E-state index < -0.39 is 16.6 Å². The number of aliphatic hydroxyl groups excluding tert-OH is 1. The number of benzene rings is 1. The Bertz CT molecular complexity index is 902. The summed E-state index contributed by atoms with van der Waals surface area (Å²) in [7, 11) is -3.29. The number of carbonyl (C=O) groups excluding carboxylic acids is 1. The molecule has 0 aromatic heterocycles. The first-order valence-corrected chi connectivity index (χ1v) is 14.4. The van der Waals surface area contributed by atoms with Crippen molar-refractivity contribution in [3.8, 4) is 0 Å². The number of fused-ring (bicyclic) bond motifs is 2. The van der Waals surface area contributed by atoms with Crippen LogP contribution in [0.3, 0.4) is 0 Å². The highest BCUT2D eigenvalue weighted by Gasteiger charge is 2.41. The lowest BCUT2D eigenvalue weighted by atomic mass is 9.85. The number of rotatable bonds is 9. The van der Waals surface area contributed by atoms with Crippen molar-refractivity contribution in [3.63, 3.8) is 0 Å². The van der Waals surface area contributed by atoms with Crippen molar-refractivity contribution in [2.45, 2.75) is 75.8 Å². The van der Waals surface area contributed by atoms with E-state index in [2.05, 4.69) is 15.7 Å². The van der Waals surface area contributed by atoms with Crippen molar-refractivity contribution < 1.29 is 18.3 Å². The predicted molar refractivity (Wildman–Crippen MR) is 131 cm³/mol. The van der Waals surface area contributed by atoms with Gasteiger partial charge in [0.25, 0.3) is 0 Å². The minimum Gasteiger partial charge on any atom is -0.387 e. The molecule has 0 spiro atoms. The van der Waals surface area contributed by atoms with Gasteiger partial charge in [-0.3, -0.25) is 14.4 Å². The molecule has 2 saturated heterocycles. The molecule has 0 radical (unpaired) electrons. The highest BCUT2D eigenvalue weighted by molar-refractivity contribution is 7.92. The minimum atomic E-state index is -3.29. The number of hydrogen-bond donors (Lipinski definition) is 2. The van der Waals surface area contributed by atoms with Crippen molar-refractivity contribution in [2.75, 3.05) is 37.2 Å². The van der Waals surface area contributed by atoms with E-state index in [-0.39, 0.29) is 5.91 Å². The van der Waals surface area contributed by atoms with Gasteiger partial charge in [0.2, 0.25) is 15.9 Å². The van der Waals surface area contributed by atoms with Gasteiger partial charge in [-0.25, -0.2) is 8.42 Å². The lowest BCUT2D eigenvalue weighted by Crippen LogP contribution is -2.48. The van der Waals surface area contributed by atoms with E-state index in [1.807, 2.05) is 17.0 Å². The quantitative estimate of drug-likeness (QED) is 0.570. The maximum Gasteiger partial charge on any atom is 0.248 e. The van der Waals surface area contributed by atoms with Crippen LogP contribution >= 0.6 is 0 Å². The van der Waals surface area contributed by atoms with Crippen molar-refractivity contribution in [1.82, 2.24) is 9.80 Å². The number of carbonyl (C=O) groups is 1. The maximum atomic E-state index is 12.4. The molecular weight excluding hydrogens is 438 g/mol. The van der Waals surface area contributed by atoms with Gasteiger partial charge in [0.05, 0.1) is 6.26 Å². The van der Waals surface area contributed by atoms with Crippen LogP contribution in [0, 0.1) is 5.92 Å². The largest absolute Gasteiger partial charge is 0.387 e. The number of amides is 1. The number of nitrogens with one attached hydrogen (secondary N) is 1. The Morgan fingerprint density at radius 3 is 2.45 bits per heavy atom. The highest BCUT2D eigenvalue weighted by Crippen LogP contribution is 2.43. The second-order valence-electron chi connectivity index (χ2n) is 10.3. The Hall–Kier alpha value is -1.64. The van der Waals surface area contributed by atoms with Gasteiger partial charge in [-0.2, -0.15) is 0 Å². The molecule has 1 aromatic carbocycles. The number of aliphatic hydroxyl groups is 1. The summed E-state index contributed by atoms with van der Waals surface area (Å²) in [5, 5.41) is 9.49. The summed E-state index contributed by atoms with van der Waals surface area (Å²) in [6, 6.07) is 8.82. The summed E-state index contributed by atoms with van der Waals surface area (Å²) in [6.07, 6.45) is 11.9. The maximum absolute atomic E-state index is 12.4. The Morgan fingerprint density at radius 1 is 1.12 bits per heavy atom. The molecule has 184 valence electrons. The molecule has 2 aliphatic heterocycles. The van der Waals surface area contributed by atoms with Gasteiger partial charge >= 0.3 is 0 Å². The molecule has 3 fully saturated rings. The highest BCUT2D eigenvalue weighted by atomic mass is 32.2. The number of anilines is 1. The van der Waals surface area contributed by atoms with Crippen LogP contribution in [0.4, 0.5) is 5.69 Å². The Morgan fingerprint density at radius 2 is 1.82 bits per heavy atom. The van der Waals surface area contributed by atoms with E-state index in [9.17, 15) is 18.3 Å². The molecule has 3 aliphatic rings. The smallest absolute Gasteiger partial charge is 0.248 e. The van der Waals surface area contributed by atoms with Gasteiger partial charge in [0.1, 0.15) is 6.61 Å². The van der Waals surface area contributed by atoms with E-state index in [0.29, 0.717) is 36.2 Å². The van der Waals surface area contributed by atoms with Gasteiger partial charge < -0.3 is 10.0 Å². The fourth-order valence-electron chi connectivity index (χ4n) is 6.32. The number of nitrogens with zero attached hydrogens (tertiary/aromatic N) is 2. The summed E-state index contributed by atoms with van der Waals surface area (Å²) < 4.78 is 25.8. The van der Waals surface area contributed by atoms with Crippen LogP contribution in [-0.2, 0) is 14.8 Å². The topological polar surface area (TPSA) is 90.0 Å². The van der Waals surface area contributed by atoms with Crippen molar-refractivity contribution in [1.29, 1.82) is 0 Å². The second-order valence-corrected chi connectivity index (χ2v) is 12.0. The molecule has 1 aromatic rings. The molecule has 1 aliphatic carbocycles. The van der Waals surface area contributed by atoms with Crippen molar-refractivity contribution >= 4 is 21.6 Å². The lowest BCUT2D eigenvalue weighted by molar-refractivity contribution is -0.135. The van der Waals surface area contributed by atoms with Crippen LogP contribution in [0.5, 0.6) is 0 Å².